The zero-order valence-corrected chi connectivity index (χ0v) is 20.8. The Morgan fingerprint density at radius 1 is 1.00 bits per heavy atom. The smallest absolute Gasteiger partial charge is 0.174 e. The molecule has 1 N–H and O–H groups in total. The van der Waals surface area contributed by atoms with Crippen LogP contribution in [0, 0.1) is 13.8 Å². The number of para-hydroxylation sites is 1. The van der Waals surface area contributed by atoms with Crippen molar-refractivity contribution in [2.45, 2.75) is 25.9 Å². The predicted octanol–water partition coefficient (Wildman–Crippen LogP) is 6.33. The third-order valence-electron chi connectivity index (χ3n) is 6.30. The molecule has 0 aliphatic carbocycles. The molecule has 0 saturated carbocycles. The second kappa shape index (κ2) is 9.12. The maximum absolute atomic E-state index is 6.38. The normalized spacial score (nSPS) is 17.6. The number of aromatic nitrogens is 2. The number of anilines is 1. The van der Waals surface area contributed by atoms with Crippen molar-refractivity contribution in [1.29, 1.82) is 0 Å². The van der Waals surface area contributed by atoms with Crippen molar-refractivity contribution in [3.05, 3.63) is 107 Å². The van der Waals surface area contributed by atoms with Gasteiger partial charge in [-0.05, 0) is 80.2 Å². The zero-order valence-electron chi connectivity index (χ0n) is 19.2. The Hall–Kier alpha value is -3.35. The minimum atomic E-state index is -0.107. The van der Waals surface area contributed by atoms with Crippen LogP contribution >= 0.6 is 23.8 Å². The number of pyridine rings is 1. The van der Waals surface area contributed by atoms with Gasteiger partial charge in [-0.1, -0.05) is 35.9 Å². The number of hydrogen-bond acceptors (Lipinski definition) is 3. The number of benzene rings is 2. The van der Waals surface area contributed by atoms with Crippen molar-refractivity contribution < 1.29 is 4.74 Å². The SMILES string of the molecule is COc1ccc(Cl)cc1-n1c(C)cc([C@H]2[C@H](c3ccccn3)NC(=S)N2c2ccccc2)c1C. The molecule has 34 heavy (non-hydrogen) atoms. The van der Waals surface area contributed by atoms with Crippen LogP contribution in [0.25, 0.3) is 5.69 Å². The molecule has 1 saturated heterocycles. The van der Waals surface area contributed by atoms with Crippen LogP contribution in [-0.4, -0.2) is 21.8 Å². The number of halogens is 1. The molecular formula is C27H25ClN4OS. The molecule has 1 aliphatic heterocycles. The topological polar surface area (TPSA) is 42.3 Å². The fourth-order valence-electron chi connectivity index (χ4n) is 4.83. The van der Waals surface area contributed by atoms with E-state index >= 15 is 0 Å². The van der Waals surface area contributed by atoms with Crippen LogP contribution in [0.1, 0.15) is 34.7 Å². The first-order valence-electron chi connectivity index (χ1n) is 11.1. The van der Waals surface area contributed by atoms with Crippen molar-refractivity contribution in [2.75, 3.05) is 12.0 Å². The van der Waals surface area contributed by atoms with E-state index in [1.807, 2.05) is 60.8 Å². The monoisotopic (exact) mass is 488 g/mol. The molecule has 0 spiro atoms. The highest BCUT2D eigenvalue weighted by atomic mass is 35.5. The number of methoxy groups -OCH3 is 1. The summed E-state index contributed by atoms with van der Waals surface area (Å²) in [6.07, 6.45) is 1.82. The van der Waals surface area contributed by atoms with Crippen molar-refractivity contribution in [2.24, 2.45) is 0 Å². The molecule has 4 aromatic rings. The zero-order chi connectivity index (χ0) is 23.8. The third kappa shape index (κ3) is 3.83. The van der Waals surface area contributed by atoms with Crippen LogP contribution in [0.3, 0.4) is 0 Å². The molecule has 1 fully saturated rings. The number of thiocarbonyl (C=S) groups is 1. The van der Waals surface area contributed by atoms with E-state index in [-0.39, 0.29) is 12.1 Å². The van der Waals surface area contributed by atoms with Crippen molar-refractivity contribution in [3.63, 3.8) is 0 Å². The lowest BCUT2D eigenvalue weighted by Crippen LogP contribution is -2.29. The molecule has 1 aliphatic rings. The Bertz CT molecular complexity index is 1340. The summed E-state index contributed by atoms with van der Waals surface area (Å²) >= 11 is 12.2. The van der Waals surface area contributed by atoms with E-state index in [2.05, 4.69) is 51.8 Å². The summed E-state index contributed by atoms with van der Waals surface area (Å²) in [5, 5.41) is 4.87. The third-order valence-corrected chi connectivity index (χ3v) is 6.85. The Morgan fingerprint density at radius 3 is 2.47 bits per heavy atom. The average molecular weight is 489 g/mol. The van der Waals surface area contributed by atoms with E-state index in [0.717, 1.165) is 39.8 Å². The minimum absolute atomic E-state index is 0.0880. The molecule has 0 bridgehead atoms. The summed E-state index contributed by atoms with van der Waals surface area (Å²) < 4.78 is 7.86. The van der Waals surface area contributed by atoms with Crippen LogP contribution in [0.15, 0.2) is 79.0 Å². The quantitative estimate of drug-likeness (QED) is 0.332. The van der Waals surface area contributed by atoms with Gasteiger partial charge in [-0.2, -0.15) is 0 Å². The van der Waals surface area contributed by atoms with Crippen LogP contribution in [-0.2, 0) is 0 Å². The number of nitrogens with zero attached hydrogens (tertiary/aromatic N) is 3. The number of rotatable bonds is 5. The Morgan fingerprint density at radius 2 is 1.76 bits per heavy atom. The van der Waals surface area contributed by atoms with Gasteiger partial charge in [0.25, 0.3) is 0 Å². The number of ether oxygens (including phenoxy) is 1. The lowest BCUT2D eigenvalue weighted by Gasteiger charge is -2.28. The Kier molecular flexibility index (Phi) is 6.02. The van der Waals surface area contributed by atoms with E-state index in [1.165, 1.54) is 0 Å². The Balaban J connectivity index is 1.70. The Labute approximate surface area is 210 Å². The maximum atomic E-state index is 6.38. The summed E-state index contributed by atoms with van der Waals surface area (Å²) in [5.74, 6) is 0.763. The predicted molar refractivity (Wildman–Crippen MR) is 141 cm³/mol. The molecular weight excluding hydrogens is 464 g/mol. The molecule has 2 atom stereocenters. The van der Waals surface area contributed by atoms with Gasteiger partial charge in [0.05, 0.1) is 30.6 Å². The van der Waals surface area contributed by atoms with Crippen LogP contribution in [0.5, 0.6) is 5.75 Å². The lowest BCUT2D eigenvalue weighted by atomic mass is 9.96. The van der Waals surface area contributed by atoms with E-state index in [9.17, 15) is 0 Å². The standard InChI is InChI=1S/C27H25ClN4OS/c1-17-15-21(18(2)31(17)23-16-19(28)12-13-24(23)33-3)26-25(22-11-7-8-14-29-22)30-27(34)32(26)20-9-5-4-6-10-20/h4-16,25-26H,1-3H3,(H,30,34)/t25-,26-/m0/s1. The van der Waals surface area contributed by atoms with Gasteiger partial charge in [0.1, 0.15) is 5.75 Å². The molecule has 2 aromatic heterocycles. The second-order valence-electron chi connectivity index (χ2n) is 8.31. The molecule has 7 heteroatoms. The van der Waals surface area contributed by atoms with Gasteiger partial charge in [-0.25, -0.2) is 0 Å². The highest BCUT2D eigenvalue weighted by Crippen LogP contribution is 2.44. The van der Waals surface area contributed by atoms with Crippen molar-refractivity contribution >= 4 is 34.6 Å². The first kappa shape index (κ1) is 22.4. The van der Waals surface area contributed by atoms with Crippen molar-refractivity contribution in [1.82, 2.24) is 14.9 Å². The summed E-state index contributed by atoms with van der Waals surface area (Å²) in [4.78, 5) is 6.85. The van der Waals surface area contributed by atoms with Gasteiger partial charge in [-0.15, -0.1) is 0 Å². The number of nitrogens with one attached hydrogen (secondary N) is 1. The highest BCUT2D eigenvalue weighted by molar-refractivity contribution is 7.80. The summed E-state index contributed by atoms with van der Waals surface area (Å²) in [6.45, 7) is 4.23. The van der Waals surface area contributed by atoms with Gasteiger partial charge in [0.2, 0.25) is 0 Å². The summed E-state index contributed by atoms with van der Waals surface area (Å²) in [5.41, 5.74) is 6.22. The molecule has 5 rings (SSSR count). The molecule has 0 radical (unpaired) electrons. The van der Waals surface area contributed by atoms with Crippen molar-refractivity contribution in [3.8, 4) is 11.4 Å². The molecule has 0 amide bonds. The largest absolute Gasteiger partial charge is 0.495 e. The van der Waals surface area contributed by atoms with Gasteiger partial charge < -0.3 is 19.5 Å². The van der Waals surface area contributed by atoms with E-state index < -0.39 is 0 Å². The second-order valence-corrected chi connectivity index (χ2v) is 9.13. The average Bonchev–Trinajstić information content (AvgIpc) is 3.35. The summed E-state index contributed by atoms with van der Waals surface area (Å²) in [6, 6.07) is 23.9. The van der Waals surface area contributed by atoms with Gasteiger partial charge in [0, 0.05) is 28.3 Å². The molecule has 3 heterocycles. The van der Waals surface area contributed by atoms with Crippen LogP contribution in [0.4, 0.5) is 5.69 Å². The van der Waals surface area contributed by atoms with E-state index in [4.69, 9.17) is 28.6 Å². The molecule has 2 aromatic carbocycles. The first-order chi connectivity index (χ1) is 16.5. The van der Waals surface area contributed by atoms with Gasteiger partial charge in [0.15, 0.2) is 5.11 Å². The van der Waals surface area contributed by atoms with Gasteiger partial charge in [-0.3, -0.25) is 4.98 Å². The molecule has 172 valence electrons. The lowest BCUT2D eigenvalue weighted by molar-refractivity contribution is 0.412. The molecule has 0 unspecified atom stereocenters. The minimum Gasteiger partial charge on any atom is -0.495 e. The highest BCUT2D eigenvalue weighted by Gasteiger charge is 2.42. The molecule has 5 nitrogen and oxygen atoms in total. The fraction of sp³-hybridized carbons (Fsp3) is 0.185. The van der Waals surface area contributed by atoms with E-state index in [0.29, 0.717) is 10.1 Å². The maximum Gasteiger partial charge on any atom is 0.174 e. The van der Waals surface area contributed by atoms with Gasteiger partial charge >= 0.3 is 0 Å². The van der Waals surface area contributed by atoms with Crippen LogP contribution in [0.2, 0.25) is 5.02 Å². The summed E-state index contributed by atoms with van der Waals surface area (Å²) in [7, 11) is 1.68. The number of hydrogen-bond donors (Lipinski definition) is 1. The van der Waals surface area contributed by atoms with E-state index in [1.54, 1.807) is 7.11 Å². The first-order valence-corrected chi connectivity index (χ1v) is 11.9. The fourth-order valence-corrected chi connectivity index (χ4v) is 5.35. The number of aryl methyl sites for hydroxylation is 1. The van der Waals surface area contributed by atoms with Crippen LogP contribution < -0.4 is 15.0 Å².